The molecule has 0 aromatic carbocycles. The summed E-state index contributed by atoms with van der Waals surface area (Å²) in [6, 6.07) is 4.78. The van der Waals surface area contributed by atoms with Crippen LogP contribution in [0.25, 0.3) is 0 Å². The molecule has 0 bridgehead atoms. The highest BCUT2D eigenvalue weighted by Crippen LogP contribution is 2.22. The van der Waals surface area contributed by atoms with Crippen molar-refractivity contribution in [3.05, 3.63) is 36.8 Å². The lowest BCUT2D eigenvalue weighted by molar-refractivity contribution is 0.327. The van der Waals surface area contributed by atoms with Gasteiger partial charge in [0.2, 0.25) is 5.88 Å². The molecule has 2 N–H and O–H groups in total. The van der Waals surface area contributed by atoms with E-state index < -0.39 is 10.0 Å². The summed E-state index contributed by atoms with van der Waals surface area (Å²) in [5.41, 5.74) is 0.820. The maximum Gasteiger partial charge on any atom is 0.265 e. The fourth-order valence-corrected chi connectivity index (χ4v) is 2.88. The van der Waals surface area contributed by atoms with Crippen LogP contribution in [-0.2, 0) is 10.0 Å². The molecule has 8 heteroatoms. The van der Waals surface area contributed by atoms with Crippen molar-refractivity contribution in [2.45, 2.75) is 11.8 Å². The van der Waals surface area contributed by atoms with Gasteiger partial charge in [0.05, 0.1) is 24.2 Å². The number of aromatic nitrogens is 2. The van der Waals surface area contributed by atoms with E-state index in [-0.39, 0.29) is 4.90 Å². The number of rotatable bonds is 6. The van der Waals surface area contributed by atoms with Crippen molar-refractivity contribution in [3.8, 4) is 5.88 Å². The normalized spacial score (nSPS) is 11.0. The first-order valence-electron chi connectivity index (χ1n) is 6.30. The maximum atomic E-state index is 12.3. The second kappa shape index (κ2) is 6.40. The molecule has 2 heterocycles. The predicted molar refractivity (Wildman–Crippen MR) is 80.0 cm³/mol. The minimum Gasteiger partial charge on any atom is -0.478 e. The summed E-state index contributed by atoms with van der Waals surface area (Å²) in [4.78, 5) is 7.92. The van der Waals surface area contributed by atoms with Gasteiger partial charge in [-0.05, 0) is 19.1 Å². The van der Waals surface area contributed by atoms with E-state index in [9.17, 15) is 8.42 Å². The first-order valence-corrected chi connectivity index (χ1v) is 7.78. The first-order chi connectivity index (χ1) is 10.1. The number of hydrogen-bond donors (Lipinski definition) is 2. The Morgan fingerprint density at radius 2 is 2.05 bits per heavy atom. The van der Waals surface area contributed by atoms with Gasteiger partial charge in [0.25, 0.3) is 10.0 Å². The number of anilines is 2. The Bertz CT molecular complexity index is 702. The van der Waals surface area contributed by atoms with E-state index in [4.69, 9.17) is 4.74 Å². The number of hydrogen-bond acceptors (Lipinski definition) is 6. The Kier molecular flexibility index (Phi) is 4.59. The molecule has 0 saturated carbocycles. The summed E-state index contributed by atoms with van der Waals surface area (Å²) in [5, 5.41) is 2.82. The molecule has 0 saturated heterocycles. The van der Waals surface area contributed by atoms with Crippen molar-refractivity contribution in [3.63, 3.8) is 0 Å². The highest BCUT2D eigenvalue weighted by Gasteiger charge is 2.18. The van der Waals surface area contributed by atoms with Crippen LogP contribution in [-0.4, -0.2) is 32.0 Å². The average Bonchev–Trinajstić information content (AvgIpc) is 2.49. The van der Waals surface area contributed by atoms with Crippen LogP contribution < -0.4 is 14.8 Å². The van der Waals surface area contributed by atoms with Gasteiger partial charge in [-0.25, -0.2) is 13.4 Å². The van der Waals surface area contributed by atoms with Crippen LogP contribution in [0.1, 0.15) is 6.92 Å². The Balaban J connectivity index is 2.24. The van der Waals surface area contributed by atoms with E-state index in [0.717, 1.165) is 0 Å². The van der Waals surface area contributed by atoms with Crippen LogP contribution in [0.3, 0.4) is 0 Å². The third-order valence-corrected chi connectivity index (χ3v) is 4.03. The van der Waals surface area contributed by atoms with Gasteiger partial charge in [-0.15, -0.1) is 0 Å². The zero-order valence-electron chi connectivity index (χ0n) is 11.7. The summed E-state index contributed by atoms with van der Waals surface area (Å²) < 4.78 is 32.3. The van der Waals surface area contributed by atoms with Crippen LogP contribution in [0, 0.1) is 0 Å². The lowest BCUT2D eigenvalue weighted by atomic mass is 10.4. The molecular formula is C13H16N4O3S. The Labute approximate surface area is 123 Å². The Morgan fingerprint density at radius 1 is 1.24 bits per heavy atom. The average molecular weight is 308 g/mol. The third kappa shape index (κ3) is 3.60. The van der Waals surface area contributed by atoms with E-state index in [0.29, 0.717) is 23.9 Å². The van der Waals surface area contributed by atoms with E-state index in [2.05, 4.69) is 20.0 Å². The molecule has 0 aliphatic heterocycles. The molecule has 21 heavy (non-hydrogen) atoms. The number of nitrogens with one attached hydrogen (secondary N) is 2. The van der Waals surface area contributed by atoms with Crippen LogP contribution in [0.4, 0.5) is 11.4 Å². The van der Waals surface area contributed by atoms with E-state index in [1.165, 1.54) is 18.6 Å². The minimum atomic E-state index is -3.74. The van der Waals surface area contributed by atoms with Gasteiger partial charge in [-0.2, -0.15) is 0 Å². The van der Waals surface area contributed by atoms with Gasteiger partial charge in [-0.1, -0.05) is 0 Å². The molecule has 0 radical (unpaired) electrons. The summed E-state index contributed by atoms with van der Waals surface area (Å²) in [5.74, 6) is 0.442. The number of ether oxygens (including phenoxy) is 1. The Hall–Kier alpha value is -2.35. The summed E-state index contributed by atoms with van der Waals surface area (Å²) in [7, 11) is -2.09. The molecule has 7 nitrogen and oxygen atoms in total. The SMILES string of the molecule is CCOc1ccc(NS(=O)(=O)c2cnccc2NC)cn1. The van der Waals surface area contributed by atoms with Gasteiger partial charge < -0.3 is 10.1 Å². The third-order valence-electron chi connectivity index (χ3n) is 2.62. The summed E-state index contributed by atoms with van der Waals surface area (Å²) in [6.07, 6.45) is 4.21. The molecule has 0 amide bonds. The van der Waals surface area contributed by atoms with Crippen molar-refractivity contribution in [1.29, 1.82) is 0 Å². The molecule has 0 aliphatic carbocycles. The molecule has 0 fully saturated rings. The maximum absolute atomic E-state index is 12.3. The van der Waals surface area contributed by atoms with Crippen LogP contribution in [0.15, 0.2) is 41.7 Å². The van der Waals surface area contributed by atoms with Crippen molar-refractivity contribution in [1.82, 2.24) is 9.97 Å². The largest absolute Gasteiger partial charge is 0.478 e. The zero-order valence-corrected chi connectivity index (χ0v) is 12.5. The first kappa shape index (κ1) is 15.0. The number of pyridine rings is 2. The minimum absolute atomic E-state index is 0.0707. The standard InChI is InChI=1S/C13H16N4O3S/c1-3-20-13-5-4-10(8-16-13)17-21(18,19)12-9-15-7-6-11(12)14-2/h4-9,17H,3H2,1-2H3,(H,14,15). The zero-order chi connectivity index (χ0) is 15.3. The fraction of sp³-hybridized carbons (Fsp3) is 0.231. The summed E-state index contributed by atoms with van der Waals surface area (Å²) in [6.45, 7) is 2.35. The molecule has 0 aliphatic rings. The monoisotopic (exact) mass is 308 g/mol. The van der Waals surface area contributed by atoms with E-state index in [1.54, 1.807) is 25.2 Å². The molecular weight excluding hydrogens is 292 g/mol. The number of sulfonamides is 1. The molecule has 2 rings (SSSR count). The second-order valence-corrected chi connectivity index (χ2v) is 5.70. The molecule has 0 spiro atoms. The second-order valence-electron chi connectivity index (χ2n) is 4.05. The quantitative estimate of drug-likeness (QED) is 0.844. The van der Waals surface area contributed by atoms with Gasteiger partial charge in [0.15, 0.2) is 0 Å². The van der Waals surface area contributed by atoms with E-state index >= 15 is 0 Å². The van der Waals surface area contributed by atoms with E-state index in [1.807, 2.05) is 6.92 Å². The molecule has 2 aromatic heterocycles. The molecule has 0 atom stereocenters. The van der Waals surface area contributed by atoms with Crippen molar-refractivity contribution in [2.75, 3.05) is 23.7 Å². The van der Waals surface area contributed by atoms with Crippen molar-refractivity contribution < 1.29 is 13.2 Å². The van der Waals surface area contributed by atoms with Gasteiger partial charge in [0, 0.05) is 25.5 Å². The fourth-order valence-electron chi connectivity index (χ4n) is 1.68. The smallest absolute Gasteiger partial charge is 0.265 e. The molecule has 0 unspecified atom stereocenters. The van der Waals surface area contributed by atoms with Crippen molar-refractivity contribution in [2.24, 2.45) is 0 Å². The number of nitrogens with zero attached hydrogens (tertiary/aromatic N) is 2. The van der Waals surface area contributed by atoms with Crippen molar-refractivity contribution >= 4 is 21.4 Å². The molecule has 2 aromatic rings. The van der Waals surface area contributed by atoms with Gasteiger partial charge in [-0.3, -0.25) is 9.71 Å². The van der Waals surface area contributed by atoms with Crippen LogP contribution in [0.5, 0.6) is 5.88 Å². The molecule has 112 valence electrons. The van der Waals surface area contributed by atoms with Gasteiger partial charge >= 0.3 is 0 Å². The topological polar surface area (TPSA) is 93.2 Å². The van der Waals surface area contributed by atoms with Gasteiger partial charge in [0.1, 0.15) is 4.90 Å². The Morgan fingerprint density at radius 3 is 2.67 bits per heavy atom. The highest BCUT2D eigenvalue weighted by atomic mass is 32.2. The predicted octanol–water partition coefficient (Wildman–Crippen LogP) is 1.72. The summed E-state index contributed by atoms with van der Waals surface area (Å²) >= 11 is 0. The van der Waals surface area contributed by atoms with Crippen LogP contribution >= 0.6 is 0 Å². The lowest BCUT2D eigenvalue weighted by Crippen LogP contribution is -2.15. The van der Waals surface area contributed by atoms with Crippen LogP contribution in [0.2, 0.25) is 0 Å². The lowest BCUT2D eigenvalue weighted by Gasteiger charge is -2.11. The highest BCUT2D eigenvalue weighted by molar-refractivity contribution is 7.92.